The molecule has 11 heteroatoms. The average Bonchev–Trinajstić information content (AvgIpc) is 3.98. The summed E-state index contributed by atoms with van der Waals surface area (Å²) in [5, 5.41) is 8.29. The van der Waals surface area contributed by atoms with E-state index in [1.165, 1.54) is 26.0 Å². The van der Waals surface area contributed by atoms with Crippen LogP contribution in [0.2, 0.25) is 15.1 Å². The van der Waals surface area contributed by atoms with E-state index in [1.807, 2.05) is 0 Å². The topological polar surface area (TPSA) is 99.9 Å². The maximum absolute atomic E-state index is 12.3. The van der Waals surface area contributed by atoms with E-state index in [9.17, 15) is 9.59 Å². The summed E-state index contributed by atoms with van der Waals surface area (Å²) in [5.41, 5.74) is 3.55. The number of hydrogen-bond acceptors (Lipinski definition) is 7. The van der Waals surface area contributed by atoms with Crippen LogP contribution in [0.4, 0.5) is 10.5 Å². The number of rotatable bonds is 10. The van der Waals surface area contributed by atoms with E-state index < -0.39 is 12.1 Å². The molecule has 0 saturated heterocycles. The van der Waals surface area contributed by atoms with Gasteiger partial charge < -0.3 is 18.7 Å². The van der Waals surface area contributed by atoms with Gasteiger partial charge >= 0.3 is 12.1 Å². The van der Waals surface area contributed by atoms with E-state index in [0.29, 0.717) is 61.4 Å². The number of esters is 1. The Labute approximate surface area is 281 Å². The summed E-state index contributed by atoms with van der Waals surface area (Å²) in [6.45, 7) is 0.516. The summed E-state index contributed by atoms with van der Waals surface area (Å²) >= 11 is 19.6. The highest BCUT2D eigenvalue weighted by Gasteiger charge is 2.33. The van der Waals surface area contributed by atoms with E-state index in [4.69, 9.17) is 53.5 Å². The van der Waals surface area contributed by atoms with E-state index in [0.717, 1.165) is 30.6 Å². The third-order valence-electron chi connectivity index (χ3n) is 7.69. The van der Waals surface area contributed by atoms with Crippen LogP contribution in [0.3, 0.4) is 0 Å². The van der Waals surface area contributed by atoms with Gasteiger partial charge in [-0.15, -0.1) is 0 Å². The van der Waals surface area contributed by atoms with Crippen LogP contribution in [0.1, 0.15) is 70.8 Å². The number of ether oxygens (including phenoxy) is 3. The number of carbonyl (C=O) groups is 2. The van der Waals surface area contributed by atoms with Gasteiger partial charge in [0.2, 0.25) is 0 Å². The smallest absolute Gasteiger partial charge is 0.411 e. The fourth-order valence-corrected chi connectivity index (χ4v) is 5.71. The van der Waals surface area contributed by atoms with E-state index >= 15 is 0 Å². The van der Waals surface area contributed by atoms with Gasteiger partial charge in [0.05, 0.1) is 39.9 Å². The fourth-order valence-electron chi connectivity index (χ4n) is 4.92. The van der Waals surface area contributed by atoms with Crippen molar-refractivity contribution in [3.05, 3.63) is 97.7 Å². The quantitative estimate of drug-likeness (QED) is 0.132. The van der Waals surface area contributed by atoms with Crippen molar-refractivity contribution in [2.45, 2.75) is 44.6 Å². The SMILES string of the molecule is COC(=O)c1cc(C#Cc2ccc(OCc3c(-c4c(Cl)cccc4Cl)noc3C3CC3)cc2Cl)cc(NC(=O)OCCC2CC2)c1. The van der Waals surface area contributed by atoms with Crippen LogP contribution in [0.5, 0.6) is 5.75 Å². The van der Waals surface area contributed by atoms with Gasteiger partial charge in [0, 0.05) is 34.4 Å². The highest BCUT2D eigenvalue weighted by Crippen LogP contribution is 2.46. The molecule has 0 radical (unpaired) electrons. The minimum Gasteiger partial charge on any atom is -0.489 e. The van der Waals surface area contributed by atoms with Gasteiger partial charge in [-0.3, -0.25) is 5.32 Å². The number of benzene rings is 3. The molecule has 0 unspecified atom stereocenters. The van der Waals surface area contributed by atoms with Crippen LogP contribution in [0.25, 0.3) is 11.3 Å². The Bertz CT molecular complexity index is 1830. The minimum absolute atomic E-state index is 0.173. The molecule has 4 aromatic rings. The molecule has 8 nitrogen and oxygen atoms in total. The average molecular weight is 680 g/mol. The normalized spacial score (nSPS) is 13.8. The lowest BCUT2D eigenvalue weighted by atomic mass is 10.0. The first-order valence-corrected chi connectivity index (χ1v) is 16.0. The second-order valence-electron chi connectivity index (χ2n) is 11.2. The monoisotopic (exact) mass is 678 g/mol. The molecular formula is C35H29Cl3N2O6. The van der Waals surface area contributed by atoms with Gasteiger partial charge in [-0.05, 0) is 67.6 Å². The van der Waals surface area contributed by atoms with Crippen molar-refractivity contribution < 1.29 is 28.3 Å². The molecule has 1 aromatic heterocycles. The van der Waals surface area contributed by atoms with Crippen LogP contribution in [-0.2, 0) is 16.1 Å². The molecule has 2 fully saturated rings. The number of methoxy groups -OCH3 is 1. The number of nitrogens with zero attached hydrogens (tertiary/aromatic N) is 1. The van der Waals surface area contributed by atoms with Crippen LogP contribution in [-0.4, -0.2) is 30.9 Å². The zero-order chi connectivity index (χ0) is 32.2. The first-order valence-electron chi connectivity index (χ1n) is 14.8. The summed E-state index contributed by atoms with van der Waals surface area (Å²) in [6.07, 6.45) is 4.64. The number of aromatic nitrogens is 1. The Morgan fingerprint density at radius 2 is 1.76 bits per heavy atom. The Hall–Kier alpha value is -4.16. The molecule has 2 aliphatic carbocycles. The maximum Gasteiger partial charge on any atom is 0.411 e. The van der Waals surface area contributed by atoms with Gasteiger partial charge in [0.1, 0.15) is 23.8 Å². The van der Waals surface area contributed by atoms with Crippen molar-refractivity contribution in [2.75, 3.05) is 19.0 Å². The van der Waals surface area contributed by atoms with E-state index in [-0.39, 0.29) is 18.1 Å². The van der Waals surface area contributed by atoms with E-state index in [1.54, 1.807) is 48.5 Å². The molecule has 236 valence electrons. The summed E-state index contributed by atoms with van der Waals surface area (Å²) < 4.78 is 22.0. The van der Waals surface area contributed by atoms with Gasteiger partial charge in [-0.2, -0.15) is 0 Å². The molecule has 3 aromatic carbocycles. The van der Waals surface area contributed by atoms with Gasteiger partial charge in [0.25, 0.3) is 0 Å². The van der Waals surface area contributed by atoms with Gasteiger partial charge in [-0.25, -0.2) is 9.59 Å². The van der Waals surface area contributed by atoms with Crippen molar-refractivity contribution >= 4 is 52.6 Å². The summed E-state index contributed by atoms with van der Waals surface area (Å²) in [7, 11) is 1.28. The minimum atomic E-state index is -0.599. The standard InChI is InChI=1S/C35H29Cl3N2O6/c1-43-34(41)24-15-21(16-25(17-24)39-35(42)44-14-13-20-5-6-20)7-8-22-11-12-26(18-30(22)38)45-19-27-32(40-46-33(27)23-9-10-23)31-28(36)3-2-4-29(31)37/h2-4,11-12,15-18,20,23H,5-6,9-10,13-14,19H2,1H3,(H,39,42). The molecule has 0 bridgehead atoms. The Morgan fingerprint density at radius 1 is 0.978 bits per heavy atom. The van der Waals surface area contributed by atoms with Crippen molar-refractivity contribution in [2.24, 2.45) is 5.92 Å². The molecule has 0 atom stereocenters. The fraction of sp³-hybridized carbons (Fsp3) is 0.286. The Kier molecular flexibility index (Phi) is 9.74. The molecule has 6 rings (SSSR count). The van der Waals surface area contributed by atoms with E-state index in [2.05, 4.69) is 22.3 Å². The number of hydrogen-bond donors (Lipinski definition) is 1. The summed E-state index contributed by atoms with van der Waals surface area (Å²) in [6, 6.07) is 15.2. The number of anilines is 1. The summed E-state index contributed by atoms with van der Waals surface area (Å²) in [4.78, 5) is 24.6. The lowest BCUT2D eigenvalue weighted by molar-refractivity contribution is 0.0600. The lowest BCUT2D eigenvalue weighted by Gasteiger charge is -2.10. The third-order valence-corrected chi connectivity index (χ3v) is 8.63. The molecule has 2 aliphatic rings. The Balaban J connectivity index is 1.18. The molecule has 1 amide bonds. The van der Waals surface area contributed by atoms with Crippen molar-refractivity contribution in [3.8, 4) is 28.8 Å². The van der Waals surface area contributed by atoms with Crippen molar-refractivity contribution in [1.82, 2.24) is 5.16 Å². The van der Waals surface area contributed by atoms with Crippen LogP contribution in [0.15, 0.2) is 59.1 Å². The molecule has 2 saturated carbocycles. The molecule has 1 heterocycles. The third kappa shape index (κ3) is 7.79. The van der Waals surface area contributed by atoms with Crippen molar-refractivity contribution in [3.63, 3.8) is 0 Å². The maximum atomic E-state index is 12.3. The Morgan fingerprint density at radius 3 is 2.46 bits per heavy atom. The van der Waals surface area contributed by atoms with Gasteiger partial charge in [-0.1, -0.05) is 70.7 Å². The highest BCUT2D eigenvalue weighted by molar-refractivity contribution is 6.39. The predicted octanol–water partition coefficient (Wildman–Crippen LogP) is 9.29. The number of nitrogens with one attached hydrogen (secondary N) is 1. The number of amides is 1. The highest BCUT2D eigenvalue weighted by atomic mass is 35.5. The zero-order valence-corrected chi connectivity index (χ0v) is 27.1. The predicted molar refractivity (Wildman–Crippen MR) is 176 cm³/mol. The molecule has 0 aliphatic heterocycles. The molecule has 46 heavy (non-hydrogen) atoms. The molecule has 0 spiro atoms. The lowest BCUT2D eigenvalue weighted by Crippen LogP contribution is -2.15. The van der Waals surface area contributed by atoms with Gasteiger partial charge in [0.15, 0.2) is 0 Å². The number of halogens is 3. The van der Waals surface area contributed by atoms with Crippen LogP contribution < -0.4 is 10.1 Å². The summed E-state index contributed by atoms with van der Waals surface area (Å²) in [5.74, 6) is 7.71. The molecular weight excluding hydrogens is 651 g/mol. The first-order chi connectivity index (χ1) is 22.3. The largest absolute Gasteiger partial charge is 0.489 e. The molecule has 1 N–H and O–H groups in total. The second kappa shape index (κ2) is 14.1. The second-order valence-corrected chi connectivity index (χ2v) is 12.4. The van der Waals surface area contributed by atoms with Crippen LogP contribution in [0, 0.1) is 17.8 Å². The zero-order valence-electron chi connectivity index (χ0n) is 24.8. The van der Waals surface area contributed by atoms with Crippen LogP contribution >= 0.6 is 34.8 Å². The number of carbonyl (C=O) groups excluding carboxylic acids is 2. The first kappa shape index (κ1) is 31.8. The van der Waals surface area contributed by atoms with Crippen molar-refractivity contribution in [1.29, 1.82) is 0 Å².